The Labute approximate surface area is 138 Å². The van der Waals surface area contributed by atoms with E-state index in [4.69, 9.17) is 0 Å². The minimum Gasteiger partial charge on any atom is -0.356 e. The molecule has 4 N–H and O–H groups in total. The lowest BCUT2D eigenvalue weighted by molar-refractivity contribution is -0.125. The number of benzene rings is 1. The van der Waals surface area contributed by atoms with E-state index in [1.54, 1.807) is 36.8 Å². The van der Waals surface area contributed by atoms with Gasteiger partial charge in [-0.2, -0.15) is 0 Å². The van der Waals surface area contributed by atoms with Crippen LogP contribution in [0.4, 0.5) is 5.69 Å². The van der Waals surface area contributed by atoms with Crippen LogP contribution in [0.25, 0.3) is 0 Å². The molecular weight excluding hydrogens is 310 g/mol. The number of nitrogens with zero attached hydrogens (tertiary/aromatic N) is 1. The third-order valence-corrected chi connectivity index (χ3v) is 3.71. The zero-order valence-corrected chi connectivity index (χ0v) is 12.8. The number of imidazole rings is 1. The molecule has 1 aromatic heterocycles. The van der Waals surface area contributed by atoms with Crippen LogP contribution in [-0.4, -0.2) is 40.3 Å². The number of H-pyrrole nitrogens is 1. The quantitative estimate of drug-likeness (QED) is 0.628. The topological polar surface area (TPSA) is 116 Å². The molecule has 3 rings (SSSR count). The van der Waals surface area contributed by atoms with Gasteiger partial charge in [-0.25, -0.2) is 4.98 Å². The van der Waals surface area contributed by atoms with Crippen LogP contribution in [0.2, 0.25) is 0 Å². The number of para-hydroxylation sites is 1. The van der Waals surface area contributed by atoms with Crippen LogP contribution >= 0.6 is 0 Å². The van der Waals surface area contributed by atoms with E-state index in [-0.39, 0.29) is 18.2 Å². The highest BCUT2D eigenvalue weighted by molar-refractivity contribution is 6.10. The number of hydrogen-bond donors (Lipinski definition) is 4. The Bertz CT molecular complexity index is 757. The van der Waals surface area contributed by atoms with Gasteiger partial charge in [-0.1, -0.05) is 12.1 Å². The Morgan fingerprint density at radius 3 is 2.88 bits per heavy atom. The number of aromatic amines is 1. The second kappa shape index (κ2) is 6.95. The van der Waals surface area contributed by atoms with Crippen molar-refractivity contribution in [3.63, 3.8) is 0 Å². The van der Waals surface area contributed by atoms with E-state index in [0.29, 0.717) is 24.2 Å². The van der Waals surface area contributed by atoms with E-state index in [0.717, 1.165) is 5.69 Å². The first-order chi connectivity index (χ1) is 11.6. The Morgan fingerprint density at radius 2 is 2.08 bits per heavy atom. The molecule has 0 fully saturated rings. The molecule has 0 saturated carbocycles. The lowest BCUT2D eigenvalue weighted by Gasteiger charge is -2.14. The highest BCUT2D eigenvalue weighted by Crippen LogP contribution is 2.18. The van der Waals surface area contributed by atoms with Crippen LogP contribution in [0.5, 0.6) is 0 Å². The van der Waals surface area contributed by atoms with Crippen molar-refractivity contribution in [2.45, 2.75) is 18.9 Å². The van der Waals surface area contributed by atoms with E-state index in [2.05, 4.69) is 25.9 Å². The van der Waals surface area contributed by atoms with Gasteiger partial charge < -0.3 is 20.9 Å². The van der Waals surface area contributed by atoms with Gasteiger partial charge in [0.05, 0.1) is 24.0 Å². The Hall–Kier alpha value is -3.16. The SMILES string of the molecule is O=C(C[C@H]1NC(=O)c2ccccc2NC1=O)NCCc1cnc[nH]1. The molecule has 0 radical (unpaired) electrons. The largest absolute Gasteiger partial charge is 0.356 e. The zero-order chi connectivity index (χ0) is 16.9. The number of nitrogens with one attached hydrogen (secondary N) is 4. The molecule has 0 saturated heterocycles. The maximum Gasteiger partial charge on any atom is 0.254 e. The zero-order valence-electron chi connectivity index (χ0n) is 12.8. The van der Waals surface area contributed by atoms with Crippen molar-refractivity contribution < 1.29 is 14.4 Å². The van der Waals surface area contributed by atoms with Crippen LogP contribution in [0.3, 0.4) is 0 Å². The fourth-order valence-corrected chi connectivity index (χ4v) is 2.47. The Balaban J connectivity index is 1.56. The normalized spacial score (nSPS) is 16.6. The summed E-state index contributed by atoms with van der Waals surface area (Å²) in [6, 6.07) is 5.82. The molecule has 1 atom stereocenters. The molecule has 8 nitrogen and oxygen atoms in total. The highest BCUT2D eigenvalue weighted by atomic mass is 16.2. The monoisotopic (exact) mass is 327 g/mol. The van der Waals surface area contributed by atoms with Crippen molar-refractivity contribution in [2.75, 3.05) is 11.9 Å². The van der Waals surface area contributed by atoms with Gasteiger partial charge in [-0.05, 0) is 12.1 Å². The number of rotatable bonds is 5. The van der Waals surface area contributed by atoms with Gasteiger partial charge in [0.1, 0.15) is 6.04 Å². The second-order valence-corrected chi connectivity index (χ2v) is 5.44. The molecule has 124 valence electrons. The van der Waals surface area contributed by atoms with Crippen molar-refractivity contribution in [3.05, 3.63) is 48.0 Å². The van der Waals surface area contributed by atoms with Crippen molar-refractivity contribution in [3.8, 4) is 0 Å². The van der Waals surface area contributed by atoms with Crippen molar-refractivity contribution >= 4 is 23.4 Å². The predicted molar refractivity (Wildman–Crippen MR) is 86.2 cm³/mol. The number of fused-ring (bicyclic) bond motifs is 1. The summed E-state index contributed by atoms with van der Waals surface area (Å²) in [7, 11) is 0. The molecule has 0 unspecified atom stereocenters. The molecule has 1 aliphatic rings. The summed E-state index contributed by atoms with van der Waals surface area (Å²) in [4.78, 5) is 43.2. The lowest BCUT2D eigenvalue weighted by Crippen LogP contribution is -2.44. The first-order valence-corrected chi connectivity index (χ1v) is 7.58. The lowest BCUT2D eigenvalue weighted by atomic mass is 10.1. The fourth-order valence-electron chi connectivity index (χ4n) is 2.47. The predicted octanol–water partition coefficient (Wildman–Crippen LogP) is 0.209. The molecule has 0 bridgehead atoms. The highest BCUT2D eigenvalue weighted by Gasteiger charge is 2.29. The van der Waals surface area contributed by atoms with Crippen LogP contribution in [0.1, 0.15) is 22.5 Å². The fraction of sp³-hybridized carbons (Fsp3) is 0.250. The molecular formula is C16H17N5O3. The van der Waals surface area contributed by atoms with Crippen LogP contribution < -0.4 is 16.0 Å². The summed E-state index contributed by atoms with van der Waals surface area (Å²) in [6.07, 6.45) is 3.75. The summed E-state index contributed by atoms with van der Waals surface area (Å²) >= 11 is 0. The van der Waals surface area contributed by atoms with Gasteiger partial charge in [0.25, 0.3) is 5.91 Å². The van der Waals surface area contributed by atoms with Gasteiger partial charge >= 0.3 is 0 Å². The van der Waals surface area contributed by atoms with E-state index in [9.17, 15) is 14.4 Å². The number of carbonyl (C=O) groups excluding carboxylic acids is 3. The third kappa shape index (κ3) is 3.60. The Morgan fingerprint density at radius 1 is 1.25 bits per heavy atom. The summed E-state index contributed by atoms with van der Waals surface area (Å²) in [5.41, 5.74) is 1.74. The number of carbonyl (C=O) groups is 3. The molecule has 2 aromatic rings. The van der Waals surface area contributed by atoms with Gasteiger partial charge in [0, 0.05) is 24.9 Å². The van der Waals surface area contributed by atoms with Crippen LogP contribution in [0.15, 0.2) is 36.8 Å². The average molecular weight is 327 g/mol. The van der Waals surface area contributed by atoms with Crippen molar-refractivity contribution in [2.24, 2.45) is 0 Å². The van der Waals surface area contributed by atoms with Gasteiger partial charge in [0.15, 0.2) is 0 Å². The average Bonchev–Trinajstić information content (AvgIpc) is 3.04. The van der Waals surface area contributed by atoms with Crippen molar-refractivity contribution in [1.29, 1.82) is 0 Å². The summed E-state index contributed by atoms with van der Waals surface area (Å²) in [5, 5.41) is 7.99. The molecule has 3 amide bonds. The van der Waals surface area contributed by atoms with Gasteiger partial charge in [-0.3, -0.25) is 14.4 Å². The molecule has 24 heavy (non-hydrogen) atoms. The number of aromatic nitrogens is 2. The van der Waals surface area contributed by atoms with Gasteiger partial charge in [-0.15, -0.1) is 0 Å². The molecule has 0 aliphatic carbocycles. The summed E-state index contributed by atoms with van der Waals surface area (Å²) in [5.74, 6) is -1.09. The third-order valence-electron chi connectivity index (χ3n) is 3.71. The maximum atomic E-state index is 12.2. The first kappa shape index (κ1) is 15.7. The standard InChI is InChI=1S/C16H17N5O3/c22-14(18-6-5-10-8-17-9-19-10)7-13-16(24)20-12-4-2-1-3-11(12)15(23)21-13/h1-4,8-9,13H,5-7H2,(H,17,19)(H,18,22)(H,20,24)(H,21,23)/t13-/m1/s1. The number of hydrogen-bond acceptors (Lipinski definition) is 4. The van der Waals surface area contributed by atoms with Crippen LogP contribution in [-0.2, 0) is 16.0 Å². The Kier molecular flexibility index (Phi) is 4.55. The molecule has 8 heteroatoms. The first-order valence-electron chi connectivity index (χ1n) is 7.58. The number of amides is 3. The molecule has 1 aromatic carbocycles. The van der Waals surface area contributed by atoms with E-state index < -0.39 is 11.9 Å². The van der Waals surface area contributed by atoms with E-state index >= 15 is 0 Å². The number of anilines is 1. The smallest absolute Gasteiger partial charge is 0.254 e. The van der Waals surface area contributed by atoms with E-state index in [1.165, 1.54) is 0 Å². The second-order valence-electron chi connectivity index (χ2n) is 5.44. The molecule has 2 heterocycles. The van der Waals surface area contributed by atoms with E-state index in [1.807, 2.05) is 0 Å². The molecule has 1 aliphatic heterocycles. The minimum atomic E-state index is -0.906. The molecule has 0 spiro atoms. The van der Waals surface area contributed by atoms with Crippen molar-refractivity contribution in [1.82, 2.24) is 20.6 Å². The van der Waals surface area contributed by atoms with Gasteiger partial charge in [0.2, 0.25) is 11.8 Å². The van der Waals surface area contributed by atoms with Crippen LogP contribution in [0, 0.1) is 0 Å². The summed E-state index contributed by atoms with van der Waals surface area (Å²) in [6.45, 7) is 0.420. The summed E-state index contributed by atoms with van der Waals surface area (Å²) < 4.78 is 0. The maximum absolute atomic E-state index is 12.2. The minimum absolute atomic E-state index is 0.117.